The first-order valence-corrected chi connectivity index (χ1v) is 7.16. The Bertz CT molecular complexity index is 514. The molecule has 0 heterocycles. The average Bonchev–Trinajstić information content (AvgIpc) is 2.44. The minimum Gasteiger partial charge on any atom is -0.484 e. The molecule has 0 aromatic heterocycles. The second-order valence-electron chi connectivity index (χ2n) is 4.11. The van der Waals surface area contributed by atoms with E-state index in [0.717, 1.165) is 4.47 Å². The van der Waals surface area contributed by atoms with Crippen molar-refractivity contribution in [2.75, 3.05) is 13.2 Å². The summed E-state index contributed by atoms with van der Waals surface area (Å²) in [6.45, 7) is 3.52. The molecule has 1 aromatic rings. The third-order valence-corrected chi connectivity index (χ3v) is 2.79. The lowest BCUT2D eigenvalue weighted by Gasteiger charge is -2.05. The maximum atomic E-state index is 11.5. The summed E-state index contributed by atoms with van der Waals surface area (Å²) in [5.41, 5.74) is 2.78. The van der Waals surface area contributed by atoms with Gasteiger partial charge in [0.25, 0.3) is 5.91 Å². The second kappa shape index (κ2) is 9.12. The highest BCUT2D eigenvalue weighted by atomic mass is 79.9. The molecule has 0 radical (unpaired) electrons. The number of nitrogens with one attached hydrogen (secondary N) is 1. The molecule has 0 fully saturated rings. The molecule has 7 heteroatoms. The van der Waals surface area contributed by atoms with Crippen LogP contribution in [0.15, 0.2) is 33.8 Å². The van der Waals surface area contributed by atoms with E-state index < -0.39 is 5.91 Å². The van der Waals surface area contributed by atoms with Crippen molar-refractivity contribution in [2.24, 2.45) is 5.10 Å². The third-order valence-electron chi connectivity index (χ3n) is 2.26. The number of esters is 1. The van der Waals surface area contributed by atoms with Gasteiger partial charge in [-0.3, -0.25) is 9.59 Å². The predicted octanol–water partition coefficient (Wildman–Crippen LogP) is 2.27. The quantitative estimate of drug-likeness (QED) is 0.461. The molecule has 0 saturated heterocycles. The molecule has 0 aliphatic rings. The van der Waals surface area contributed by atoms with Crippen LogP contribution in [0.1, 0.15) is 20.3 Å². The summed E-state index contributed by atoms with van der Waals surface area (Å²) in [4.78, 5) is 22.7. The highest BCUT2D eigenvalue weighted by molar-refractivity contribution is 9.10. The van der Waals surface area contributed by atoms with Gasteiger partial charge in [0.15, 0.2) is 6.61 Å². The molecule has 1 aromatic carbocycles. The summed E-state index contributed by atoms with van der Waals surface area (Å²) >= 11 is 3.31. The molecule has 0 bridgehead atoms. The van der Waals surface area contributed by atoms with Gasteiger partial charge in [-0.05, 0) is 38.1 Å². The number of carbonyl (C=O) groups excluding carboxylic acids is 2. The molecule has 21 heavy (non-hydrogen) atoms. The Balaban J connectivity index is 2.33. The van der Waals surface area contributed by atoms with Crippen molar-refractivity contribution in [1.29, 1.82) is 0 Å². The topological polar surface area (TPSA) is 77.0 Å². The van der Waals surface area contributed by atoms with Gasteiger partial charge in [0, 0.05) is 10.2 Å². The molecule has 0 atom stereocenters. The van der Waals surface area contributed by atoms with Crippen molar-refractivity contribution < 1.29 is 19.1 Å². The van der Waals surface area contributed by atoms with E-state index in [0.29, 0.717) is 18.1 Å². The van der Waals surface area contributed by atoms with Crippen molar-refractivity contribution in [2.45, 2.75) is 20.3 Å². The zero-order valence-corrected chi connectivity index (χ0v) is 13.5. The molecule has 1 N–H and O–H groups in total. The van der Waals surface area contributed by atoms with Crippen LogP contribution in [0.2, 0.25) is 0 Å². The maximum absolute atomic E-state index is 11.5. The zero-order valence-electron chi connectivity index (χ0n) is 11.9. The molecule has 0 aliphatic heterocycles. The van der Waals surface area contributed by atoms with E-state index in [4.69, 9.17) is 9.47 Å². The number of amides is 1. The summed E-state index contributed by atoms with van der Waals surface area (Å²) in [7, 11) is 0. The molecular weight excluding hydrogens is 340 g/mol. The first-order chi connectivity index (χ1) is 10.0. The Morgan fingerprint density at radius 3 is 2.57 bits per heavy atom. The molecule has 0 aliphatic carbocycles. The lowest BCUT2D eigenvalue weighted by atomic mass is 10.3. The van der Waals surface area contributed by atoms with E-state index >= 15 is 0 Å². The van der Waals surface area contributed by atoms with Crippen molar-refractivity contribution in [1.82, 2.24) is 5.43 Å². The van der Waals surface area contributed by atoms with Crippen LogP contribution >= 0.6 is 15.9 Å². The van der Waals surface area contributed by atoms with Crippen LogP contribution in [0.4, 0.5) is 0 Å². The number of hydrogen-bond donors (Lipinski definition) is 1. The molecular formula is C14H17BrN2O4. The van der Waals surface area contributed by atoms with Crippen LogP contribution in [0, 0.1) is 0 Å². The molecule has 0 spiro atoms. The van der Waals surface area contributed by atoms with E-state index in [2.05, 4.69) is 26.5 Å². The van der Waals surface area contributed by atoms with Crippen LogP contribution in [0.3, 0.4) is 0 Å². The summed E-state index contributed by atoms with van der Waals surface area (Å²) < 4.78 is 11.0. The van der Waals surface area contributed by atoms with Crippen LogP contribution in [0.5, 0.6) is 5.75 Å². The van der Waals surface area contributed by atoms with Crippen LogP contribution < -0.4 is 10.2 Å². The lowest BCUT2D eigenvalue weighted by molar-refractivity contribution is -0.141. The Morgan fingerprint density at radius 2 is 1.95 bits per heavy atom. The van der Waals surface area contributed by atoms with Gasteiger partial charge >= 0.3 is 5.97 Å². The van der Waals surface area contributed by atoms with Crippen molar-refractivity contribution in [3.8, 4) is 5.75 Å². The minimum atomic E-state index is -0.402. The Hall–Kier alpha value is -1.89. The van der Waals surface area contributed by atoms with Gasteiger partial charge in [0.05, 0.1) is 13.0 Å². The average molecular weight is 357 g/mol. The largest absolute Gasteiger partial charge is 0.484 e. The van der Waals surface area contributed by atoms with E-state index in [1.54, 1.807) is 26.0 Å². The van der Waals surface area contributed by atoms with E-state index in [-0.39, 0.29) is 19.0 Å². The Morgan fingerprint density at radius 1 is 1.29 bits per heavy atom. The number of halogens is 1. The number of rotatable bonds is 7. The Labute approximate surface area is 131 Å². The van der Waals surface area contributed by atoms with Gasteiger partial charge in [-0.1, -0.05) is 15.9 Å². The minimum absolute atomic E-state index is 0.0433. The van der Waals surface area contributed by atoms with Crippen molar-refractivity contribution in [3.05, 3.63) is 28.7 Å². The lowest BCUT2D eigenvalue weighted by Crippen LogP contribution is -2.26. The molecule has 1 rings (SSSR count). The number of ether oxygens (including phenoxy) is 2. The molecule has 114 valence electrons. The van der Waals surface area contributed by atoms with Crippen LogP contribution in [-0.2, 0) is 14.3 Å². The highest BCUT2D eigenvalue weighted by Crippen LogP contribution is 2.15. The zero-order chi connectivity index (χ0) is 15.7. The van der Waals surface area contributed by atoms with Gasteiger partial charge in [0.1, 0.15) is 5.75 Å². The van der Waals surface area contributed by atoms with Gasteiger partial charge in [0.2, 0.25) is 0 Å². The fourth-order valence-corrected chi connectivity index (χ4v) is 1.59. The third kappa shape index (κ3) is 7.45. The summed E-state index contributed by atoms with van der Waals surface area (Å²) in [5, 5.41) is 3.80. The fourth-order valence-electron chi connectivity index (χ4n) is 1.33. The smallest absolute Gasteiger partial charge is 0.311 e. The van der Waals surface area contributed by atoms with E-state index in [9.17, 15) is 9.59 Å². The SMILES string of the molecule is CCOC(=O)C/C(C)=N/NC(=O)COc1ccc(Br)cc1. The van der Waals surface area contributed by atoms with Gasteiger partial charge in [-0.25, -0.2) is 5.43 Å². The van der Waals surface area contributed by atoms with Gasteiger partial charge in [-0.2, -0.15) is 5.10 Å². The number of hydrogen-bond acceptors (Lipinski definition) is 5. The number of carbonyl (C=O) groups is 2. The first-order valence-electron chi connectivity index (χ1n) is 6.37. The van der Waals surface area contributed by atoms with Crippen molar-refractivity contribution >= 4 is 33.5 Å². The number of hydrazone groups is 1. The van der Waals surface area contributed by atoms with Gasteiger partial charge < -0.3 is 9.47 Å². The molecule has 1 amide bonds. The summed E-state index contributed by atoms with van der Waals surface area (Å²) in [5.74, 6) is -0.194. The number of nitrogens with zero attached hydrogens (tertiary/aromatic N) is 1. The predicted molar refractivity (Wildman–Crippen MR) is 82.1 cm³/mol. The maximum Gasteiger partial charge on any atom is 0.311 e. The van der Waals surface area contributed by atoms with Gasteiger partial charge in [-0.15, -0.1) is 0 Å². The van der Waals surface area contributed by atoms with Crippen molar-refractivity contribution in [3.63, 3.8) is 0 Å². The monoisotopic (exact) mass is 356 g/mol. The standard InChI is InChI=1S/C14H17BrN2O4/c1-3-20-14(19)8-10(2)16-17-13(18)9-21-12-6-4-11(15)5-7-12/h4-7H,3,8-9H2,1-2H3,(H,17,18)/b16-10+. The molecule has 0 unspecified atom stereocenters. The molecule has 6 nitrogen and oxygen atoms in total. The van der Waals surface area contributed by atoms with E-state index in [1.165, 1.54) is 0 Å². The van der Waals surface area contributed by atoms with E-state index in [1.807, 2.05) is 12.1 Å². The second-order valence-corrected chi connectivity index (χ2v) is 5.02. The summed E-state index contributed by atoms with van der Waals surface area (Å²) in [6, 6.07) is 7.11. The normalized spacial score (nSPS) is 10.9. The Kier molecular flexibility index (Phi) is 7.45. The highest BCUT2D eigenvalue weighted by Gasteiger charge is 2.06. The first kappa shape index (κ1) is 17.2. The fraction of sp³-hybridized carbons (Fsp3) is 0.357. The molecule has 0 saturated carbocycles. The van der Waals surface area contributed by atoms with Crippen LogP contribution in [0.25, 0.3) is 0 Å². The number of benzene rings is 1. The summed E-state index contributed by atoms with van der Waals surface area (Å²) in [6.07, 6.45) is 0.0433. The van der Waals surface area contributed by atoms with Crippen LogP contribution in [-0.4, -0.2) is 30.8 Å².